The number of benzene rings is 1. The van der Waals surface area contributed by atoms with Crippen molar-refractivity contribution in [1.29, 1.82) is 0 Å². The Morgan fingerprint density at radius 1 is 1.31 bits per heavy atom. The number of hydrogen-bond acceptors (Lipinski definition) is 1. The molecule has 0 aliphatic heterocycles. The maximum Gasteiger partial charge on any atom is 0.126 e. The Bertz CT molecular complexity index is 500. The Hall–Kier alpha value is -0.910. The molecule has 4 heteroatoms. The summed E-state index contributed by atoms with van der Waals surface area (Å²) in [5.41, 5.74) is 3.23. The van der Waals surface area contributed by atoms with Gasteiger partial charge < -0.3 is 0 Å². The minimum atomic E-state index is -0.188. The summed E-state index contributed by atoms with van der Waals surface area (Å²) in [6.07, 6.45) is 2.00. The van der Waals surface area contributed by atoms with E-state index in [9.17, 15) is 4.39 Å². The third-order valence-corrected chi connectivity index (χ3v) is 3.59. The standard InChI is InChI=1S/C12H12FIN2/c1-8-5-11(13)4-3-10(8)7-16-6-9(2)12(14)15-16/h3-6H,7H2,1-2H3. The molecule has 2 aromatic rings. The highest BCUT2D eigenvalue weighted by atomic mass is 127. The number of nitrogens with zero attached hydrogens (tertiary/aromatic N) is 2. The second-order valence-electron chi connectivity index (χ2n) is 3.87. The zero-order valence-corrected chi connectivity index (χ0v) is 11.3. The van der Waals surface area contributed by atoms with E-state index in [1.165, 1.54) is 11.6 Å². The fourth-order valence-corrected chi connectivity index (χ4v) is 2.01. The van der Waals surface area contributed by atoms with Crippen LogP contribution in [0.15, 0.2) is 24.4 Å². The Labute approximate surface area is 108 Å². The van der Waals surface area contributed by atoms with Gasteiger partial charge >= 0.3 is 0 Å². The number of halogens is 2. The van der Waals surface area contributed by atoms with Crippen LogP contribution in [0.1, 0.15) is 16.7 Å². The van der Waals surface area contributed by atoms with Gasteiger partial charge in [-0.15, -0.1) is 0 Å². The molecule has 1 aromatic heterocycles. The Morgan fingerprint density at radius 3 is 2.62 bits per heavy atom. The van der Waals surface area contributed by atoms with Crippen LogP contribution >= 0.6 is 22.6 Å². The van der Waals surface area contributed by atoms with Gasteiger partial charge in [-0.3, -0.25) is 4.68 Å². The van der Waals surface area contributed by atoms with Crippen LogP contribution in [0.25, 0.3) is 0 Å². The van der Waals surface area contributed by atoms with Crippen LogP contribution in [0.2, 0.25) is 0 Å². The van der Waals surface area contributed by atoms with Crippen LogP contribution in [-0.4, -0.2) is 9.78 Å². The molecule has 0 saturated heterocycles. The zero-order valence-electron chi connectivity index (χ0n) is 9.17. The molecule has 0 atom stereocenters. The van der Waals surface area contributed by atoms with Crippen molar-refractivity contribution in [2.75, 3.05) is 0 Å². The van der Waals surface area contributed by atoms with Crippen molar-refractivity contribution in [3.05, 3.63) is 50.6 Å². The van der Waals surface area contributed by atoms with Gasteiger partial charge in [-0.05, 0) is 59.7 Å². The molecule has 0 amide bonds. The molecular weight excluding hydrogens is 318 g/mol. The third kappa shape index (κ3) is 2.42. The summed E-state index contributed by atoms with van der Waals surface area (Å²) in [5, 5.41) is 4.38. The fourth-order valence-electron chi connectivity index (χ4n) is 1.59. The molecule has 1 heterocycles. The van der Waals surface area contributed by atoms with Crippen LogP contribution in [0, 0.1) is 23.4 Å². The quantitative estimate of drug-likeness (QED) is 0.773. The largest absolute Gasteiger partial charge is 0.267 e. The molecule has 0 spiro atoms. The molecule has 0 radical (unpaired) electrons. The van der Waals surface area contributed by atoms with Crippen LogP contribution in [0.3, 0.4) is 0 Å². The monoisotopic (exact) mass is 330 g/mol. The van der Waals surface area contributed by atoms with E-state index in [2.05, 4.69) is 27.7 Å². The van der Waals surface area contributed by atoms with Crippen LogP contribution in [-0.2, 0) is 6.54 Å². The highest BCUT2D eigenvalue weighted by molar-refractivity contribution is 14.1. The second-order valence-corrected chi connectivity index (χ2v) is 4.89. The minimum absolute atomic E-state index is 0.188. The van der Waals surface area contributed by atoms with Gasteiger partial charge in [-0.2, -0.15) is 5.10 Å². The molecule has 0 N–H and O–H groups in total. The fraction of sp³-hybridized carbons (Fsp3) is 0.250. The van der Waals surface area contributed by atoms with E-state index in [4.69, 9.17) is 0 Å². The zero-order chi connectivity index (χ0) is 11.7. The Morgan fingerprint density at radius 2 is 2.06 bits per heavy atom. The van der Waals surface area contributed by atoms with Gasteiger partial charge in [0.25, 0.3) is 0 Å². The predicted octanol–water partition coefficient (Wildman–Crippen LogP) is 3.29. The second kappa shape index (κ2) is 4.53. The topological polar surface area (TPSA) is 17.8 Å². The summed E-state index contributed by atoms with van der Waals surface area (Å²) in [4.78, 5) is 0. The van der Waals surface area contributed by atoms with E-state index in [1.54, 1.807) is 6.07 Å². The molecule has 0 fully saturated rings. The molecule has 0 bridgehead atoms. The van der Waals surface area contributed by atoms with Crippen LogP contribution < -0.4 is 0 Å². The van der Waals surface area contributed by atoms with Gasteiger partial charge in [0.2, 0.25) is 0 Å². The van der Waals surface area contributed by atoms with Gasteiger partial charge in [-0.1, -0.05) is 6.07 Å². The van der Waals surface area contributed by atoms with Crippen molar-refractivity contribution < 1.29 is 4.39 Å². The van der Waals surface area contributed by atoms with Crippen molar-refractivity contribution in [2.24, 2.45) is 0 Å². The maximum absolute atomic E-state index is 12.9. The molecular formula is C12H12FIN2. The normalized spacial score (nSPS) is 10.8. The van der Waals surface area contributed by atoms with Gasteiger partial charge in [-0.25, -0.2) is 4.39 Å². The molecule has 2 rings (SSSR count). The first-order valence-electron chi connectivity index (χ1n) is 5.01. The van der Waals surface area contributed by atoms with Gasteiger partial charge in [0.05, 0.1) is 6.54 Å². The first-order valence-corrected chi connectivity index (χ1v) is 6.09. The first kappa shape index (κ1) is 11.6. The first-order chi connectivity index (χ1) is 7.56. The summed E-state index contributed by atoms with van der Waals surface area (Å²) in [7, 11) is 0. The van der Waals surface area contributed by atoms with Crippen LogP contribution in [0.5, 0.6) is 0 Å². The van der Waals surface area contributed by atoms with Crippen LogP contribution in [0.4, 0.5) is 4.39 Å². The summed E-state index contributed by atoms with van der Waals surface area (Å²) >= 11 is 2.21. The Balaban J connectivity index is 2.27. The highest BCUT2D eigenvalue weighted by Crippen LogP contribution is 2.13. The summed E-state index contributed by atoms with van der Waals surface area (Å²) in [6, 6.07) is 4.86. The van der Waals surface area contributed by atoms with Gasteiger partial charge in [0.1, 0.15) is 9.52 Å². The summed E-state index contributed by atoms with van der Waals surface area (Å²) < 4.78 is 15.8. The van der Waals surface area contributed by atoms with Gasteiger partial charge in [0.15, 0.2) is 0 Å². The number of rotatable bonds is 2. The molecule has 0 unspecified atom stereocenters. The molecule has 16 heavy (non-hydrogen) atoms. The maximum atomic E-state index is 12.9. The SMILES string of the molecule is Cc1cc(F)ccc1Cn1cc(C)c(I)n1. The average molecular weight is 330 g/mol. The Kier molecular flexibility index (Phi) is 3.28. The molecule has 1 aromatic carbocycles. The average Bonchev–Trinajstić information content (AvgIpc) is 2.51. The van der Waals surface area contributed by atoms with E-state index in [-0.39, 0.29) is 5.82 Å². The van der Waals surface area contributed by atoms with E-state index >= 15 is 0 Å². The molecule has 2 nitrogen and oxygen atoms in total. The molecule has 84 valence electrons. The summed E-state index contributed by atoms with van der Waals surface area (Å²) in [6.45, 7) is 4.64. The van der Waals surface area contributed by atoms with E-state index in [0.717, 1.165) is 14.8 Å². The van der Waals surface area contributed by atoms with Crippen molar-refractivity contribution in [3.63, 3.8) is 0 Å². The molecule has 0 saturated carbocycles. The van der Waals surface area contributed by atoms with Crippen molar-refractivity contribution in [3.8, 4) is 0 Å². The number of aromatic nitrogens is 2. The lowest BCUT2D eigenvalue weighted by atomic mass is 10.1. The smallest absolute Gasteiger partial charge is 0.126 e. The lowest BCUT2D eigenvalue weighted by Crippen LogP contribution is -2.02. The molecule has 0 aliphatic carbocycles. The van der Waals surface area contributed by atoms with Crippen molar-refractivity contribution >= 4 is 22.6 Å². The predicted molar refractivity (Wildman–Crippen MR) is 69.9 cm³/mol. The molecule has 0 aliphatic rings. The lowest BCUT2D eigenvalue weighted by Gasteiger charge is -2.05. The van der Waals surface area contributed by atoms with Crippen molar-refractivity contribution in [1.82, 2.24) is 9.78 Å². The van der Waals surface area contributed by atoms with Gasteiger partial charge in [0, 0.05) is 11.8 Å². The van der Waals surface area contributed by atoms with E-state index in [0.29, 0.717) is 6.54 Å². The minimum Gasteiger partial charge on any atom is -0.267 e. The number of hydrogen-bond donors (Lipinski definition) is 0. The number of aryl methyl sites for hydroxylation is 2. The summed E-state index contributed by atoms with van der Waals surface area (Å²) in [5.74, 6) is -0.188. The van der Waals surface area contributed by atoms with E-state index < -0.39 is 0 Å². The van der Waals surface area contributed by atoms with E-state index in [1.807, 2.05) is 30.8 Å². The highest BCUT2D eigenvalue weighted by Gasteiger charge is 2.04. The van der Waals surface area contributed by atoms with Crippen molar-refractivity contribution in [2.45, 2.75) is 20.4 Å². The third-order valence-electron chi connectivity index (χ3n) is 2.52. The lowest BCUT2D eigenvalue weighted by molar-refractivity contribution is 0.622.